The van der Waals surface area contributed by atoms with E-state index in [1.165, 1.54) is 5.56 Å². The maximum Gasteiger partial charge on any atom is 0.123 e. The minimum absolute atomic E-state index is 0.186. The molecule has 122 valence electrons. The molecular weight excluding hydrogens is 293 g/mol. The van der Waals surface area contributed by atoms with Crippen molar-refractivity contribution >= 4 is 0 Å². The number of halogens is 1. The molecule has 1 saturated heterocycles. The first-order valence-corrected chi connectivity index (χ1v) is 7.99. The number of rotatable bonds is 5. The third kappa shape index (κ3) is 4.02. The van der Waals surface area contributed by atoms with Crippen LogP contribution in [0.15, 0.2) is 48.5 Å². The maximum absolute atomic E-state index is 13.1. The first kappa shape index (κ1) is 15.8. The van der Waals surface area contributed by atoms with Gasteiger partial charge < -0.3 is 14.8 Å². The Morgan fingerprint density at radius 1 is 1.04 bits per heavy atom. The molecule has 0 spiro atoms. The first-order valence-electron chi connectivity index (χ1n) is 7.99. The number of ether oxygens (including phenoxy) is 2. The number of methoxy groups -OCH3 is 1. The Morgan fingerprint density at radius 3 is 2.43 bits per heavy atom. The van der Waals surface area contributed by atoms with Gasteiger partial charge in [0.25, 0.3) is 0 Å². The summed E-state index contributed by atoms with van der Waals surface area (Å²) in [7, 11) is 1.65. The Morgan fingerprint density at radius 2 is 1.74 bits per heavy atom. The summed E-state index contributed by atoms with van der Waals surface area (Å²) < 4.78 is 24.2. The monoisotopic (exact) mass is 315 g/mol. The number of benzene rings is 2. The standard InChI is InChI=1S/C19H22FNO2/c1-22-17-6-8-18(9-7-17)23-13-15-12-21-11-10-19(15)14-2-4-16(20)5-3-14/h2-9,15,19,21H,10-13H2,1H3. The van der Waals surface area contributed by atoms with Crippen molar-refractivity contribution in [2.45, 2.75) is 12.3 Å². The molecular formula is C19H22FNO2. The van der Waals surface area contributed by atoms with Crippen molar-refractivity contribution in [3.05, 3.63) is 59.9 Å². The molecule has 2 aromatic carbocycles. The van der Waals surface area contributed by atoms with Gasteiger partial charge in [-0.1, -0.05) is 12.1 Å². The highest BCUT2D eigenvalue weighted by atomic mass is 19.1. The quantitative estimate of drug-likeness (QED) is 0.914. The lowest BCUT2D eigenvalue weighted by molar-refractivity contribution is 0.197. The molecule has 3 nitrogen and oxygen atoms in total. The molecule has 0 aromatic heterocycles. The third-order valence-electron chi connectivity index (χ3n) is 4.43. The number of piperidine rings is 1. The molecule has 23 heavy (non-hydrogen) atoms. The summed E-state index contributed by atoms with van der Waals surface area (Å²) in [6.45, 7) is 2.54. The van der Waals surface area contributed by atoms with Gasteiger partial charge in [-0.15, -0.1) is 0 Å². The van der Waals surface area contributed by atoms with Crippen LogP contribution in [0.3, 0.4) is 0 Å². The van der Waals surface area contributed by atoms with Crippen molar-refractivity contribution in [1.29, 1.82) is 0 Å². The number of hydrogen-bond acceptors (Lipinski definition) is 3. The van der Waals surface area contributed by atoms with Gasteiger partial charge in [-0.3, -0.25) is 0 Å². The predicted molar refractivity (Wildman–Crippen MR) is 88.6 cm³/mol. The topological polar surface area (TPSA) is 30.5 Å². The number of nitrogens with one attached hydrogen (secondary N) is 1. The van der Waals surface area contributed by atoms with E-state index < -0.39 is 0 Å². The Hall–Kier alpha value is -2.07. The van der Waals surface area contributed by atoms with E-state index in [1.54, 1.807) is 19.2 Å². The number of hydrogen-bond donors (Lipinski definition) is 1. The largest absolute Gasteiger partial charge is 0.497 e. The molecule has 3 rings (SSSR count). The Balaban J connectivity index is 1.65. The van der Waals surface area contributed by atoms with Crippen LogP contribution in [0.4, 0.5) is 4.39 Å². The molecule has 1 aliphatic rings. The van der Waals surface area contributed by atoms with E-state index in [2.05, 4.69) is 5.32 Å². The second-order valence-electron chi connectivity index (χ2n) is 5.90. The summed E-state index contributed by atoms with van der Waals surface area (Å²) in [4.78, 5) is 0. The van der Waals surface area contributed by atoms with Crippen LogP contribution in [0.1, 0.15) is 17.9 Å². The normalized spacial score (nSPS) is 21.0. The average Bonchev–Trinajstić information content (AvgIpc) is 2.61. The van der Waals surface area contributed by atoms with E-state index in [-0.39, 0.29) is 5.82 Å². The van der Waals surface area contributed by atoms with Crippen LogP contribution in [-0.2, 0) is 0 Å². The molecule has 0 bridgehead atoms. The summed E-state index contributed by atoms with van der Waals surface area (Å²) in [5.74, 6) is 2.25. The predicted octanol–water partition coefficient (Wildman–Crippen LogP) is 3.61. The van der Waals surface area contributed by atoms with E-state index >= 15 is 0 Å². The third-order valence-corrected chi connectivity index (χ3v) is 4.43. The molecule has 0 amide bonds. The summed E-state index contributed by atoms with van der Waals surface area (Å²) in [6.07, 6.45) is 1.04. The summed E-state index contributed by atoms with van der Waals surface area (Å²) >= 11 is 0. The molecule has 0 saturated carbocycles. The van der Waals surface area contributed by atoms with Crippen LogP contribution in [0.5, 0.6) is 11.5 Å². The van der Waals surface area contributed by atoms with Crippen molar-refractivity contribution in [2.24, 2.45) is 5.92 Å². The van der Waals surface area contributed by atoms with Gasteiger partial charge in [-0.05, 0) is 60.8 Å². The van der Waals surface area contributed by atoms with Crippen molar-refractivity contribution < 1.29 is 13.9 Å². The molecule has 2 aromatic rings. The second kappa shape index (κ2) is 7.47. The summed E-state index contributed by atoms with van der Waals surface area (Å²) in [5.41, 5.74) is 1.19. The smallest absolute Gasteiger partial charge is 0.123 e. The second-order valence-corrected chi connectivity index (χ2v) is 5.90. The van der Waals surface area contributed by atoms with E-state index in [4.69, 9.17) is 9.47 Å². The van der Waals surface area contributed by atoms with Crippen LogP contribution in [0.25, 0.3) is 0 Å². The molecule has 1 aliphatic heterocycles. The van der Waals surface area contributed by atoms with Gasteiger partial charge in [0.1, 0.15) is 17.3 Å². The van der Waals surface area contributed by atoms with Gasteiger partial charge in [0.15, 0.2) is 0 Å². The van der Waals surface area contributed by atoms with Gasteiger partial charge in [-0.2, -0.15) is 0 Å². The van der Waals surface area contributed by atoms with Gasteiger partial charge >= 0.3 is 0 Å². The van der Waals surface area contributed by atoms with E-state index in [9.17, 15) is 4.39 Å². The van der Waals surface area contributed by atoms with Crippen molar-refractivity contribution in [1.82, 2.24) is 5.32 Å². The molecule has 2 unspecified atom stereocenters. The maximum atomic E-state index is 13.1. The minimum Gasteiger partial charge on any atom is -0.497 e. The minimum atomic E-state index is -0.186. The first-order chi connectivity index (χ1) is 11.3. The molecule has 4 heteroatoms. The zero-order valence-electron chi connectivity index (χ0n) is 13.3. The Bertz CT molecular complexity index is 612. The summed E-state index contributed by atoms with van der Waals surface area (Å²) in [5, 5.41) is 3.43. The highest BCUT2D eigenvalue weighted by molar-refractivity contribution is 5.31. The van der Waals surface area contributed by atoms with Crippen molar-refractivity contribution in [2.75, 3.05) is 26.8 Å². The lowest BCUT2D eigenvalue weighted by atomic mass is 9.81. The van der Waals surface area contributed by atoms with Crippen LogP contribution in [-0.4, -0.2) is 26.8 Å². The molecule has 2 atom stereocenters. The van der Waals surface area contributed by atoms with Gasteiger partial charge in [0.05, 0.1) is 13.7 Å². The van der Waals surface area contributed by atoms with Gasteiger partial charge in [-0.25, -0.2) is 4.39 Å². The fraction of sp³-hybridized carbons (Fsp3) is 0.368. The van der Waals surface area contributed by atoms with Crippen LogP contribution < -0.4 is 14.8 Å². The van der Waals surface area contributed by atoms with Gasteiger partial charge in [0.2, 0.25) is 0 Å². The van der Waals surface area contributed by atoms with E-state index in [0.717, 1.165) is 31.0 Å². The SMILES string of the molecule is COc1ccc(OCC2CNCCC2c2ccc(F)cc2)cc1. The van der Waals surface area contributed by atoms with Crippen molar-refractivity contribution in [3.8, 4) is 11.5 Å². The fourth-order valence-electron chi connectivity index (χ4n) is 3.12. The molecule has 1 heterocycles. The van der Waals surface area contributed by atoms with Crippen LogP contribution in [0.2, 0.25) is 0 Å². The Labute approximate surface area is 136 Å². The lowest BCUT2D eigenvalue weighted by Crippen LogP contribution is -2.38. The molecule has 1 N–H and O–H groups in total. The van der Waals surface area contributed by atoms with Gasteiger partial charge in [0, 0.05) is 12.5 Å². The summed E-state index contributed by atoms with van der Waals surface area (Å²) in [6, 6.07) is 14.5. The molecule has 0 aliphatic carbocycles. The lowest BCUT2D eigenvalue weighted by Gasteiger charge is -2.32. The zero-order valence-corrected chi connectivity index (χ0v) is 13.3. The highest BCUT2D eigenvalue weighted by Gasteiger charge is 2.27. The van der Waals surface area contributed by atoms with E-state index in [1.807, 2.05) is 36.4 Å². The Kier molecular flexibility index (Phi) is 5.13. The zero-order chi connectivity index (χ0) is 16.1. The molecule has 1 fully saturated rings. The van der Waals surface area contributed by atoms with Crippen LogP contribution >= 0.6 is 0 Å². The highest BCUT2D eigenvalue weighted by Crippen LogP contribution is 2.31. The van der Waals surface area contributed by atoms with Crippen molar-refractivity contribution in [3.63, 3.8) is 0 Å². The fourth-order valence-corrected chi connectivity index (χ4v) is 3.12. The van der Waals surface area contributed by atoms with E-state index in [0.29, 0.717) is 18.4 Å². The average molecular weight is 315 g/mol. The molecule has 0 radical (unpaired) electrons. The van der Waals surface area contributed by atoms with Crippen LogP contribution in [0, 0.1) is 11.7 Å².